The molecular weight excluding hydrogens is 813 g/mol. The first-order valence-electron chi connectivity index (χ1n) is 22.7. The van der Waals surface area contributed by atoms with Crippen molar-refractivity contribution in [1.82, 2.24) is 0 Å². The van der Waals surface area contributed by atoms with E-state index in [4.69, 9.17) is 18.5 Å². The number of phosphoric ester groups is 1. The molecule has 0 spiro atoms. The molecular formula is C48H82NO12P. The number of quaternary nitrogens is 1. The summed E-state index contributed by atoms with van der Waals surface area (Å²) in [5.74, 6) is -1.26. The number of carbonyl (C=O) groups excluding carboxylic acids is 2. The zero-order chi connectivity index (χ0) is 46.3. The molecule has 0 saturated carbocycles. The van der Waals surface area contributed by atoms with E-state index in [1.165, 1.54) is 56.8 Å². The van der Waals surface area contributed by atoms with Gasteiger partial charge in [0, 0.05) is 12.8 Å². The molecule has 356 valence electrons. The van der Waals surface area contributed by atoms with Gasteiger partial charge in [0.05, 0.1) is 52.2 Å². The third-order valence-electron chi connectivity index (χ3n) is 9.18. The summed E-state index contributed by atoms with van der Waals surface area (Å²) < 4.78 is 33.5. The summed E-state index contributed by atoms with van der Waals surface area (Å²) in [4.78, 5) is 37.6. The summed E-state index contributed by atoms with van der Waals surface area (Å²) in [7, 11) is 0.891. The van der Waals surface area contributed by atoms with E-state index in [-0.39, 0.29) is 25.9 Å². The number of hydrogen-bond donors (Lipinski definition) is 4. The van der Waals surface area contributed by atoms with Crippen LogP contribution in [-0.2, 0) is 32.7 Å². The number of unbranched alkanes of at least 4 members (excludes halogenated alkanes) is 11. The minimum Gasteiger partial charge on any atom is -0.756 e. The van der Waals surface area contributed by atoms with Crippen LogP contribution in [0.15, 0.2) is 85.1 Å². The fourth-order valence-electron chi connectivity index (χ4n) is 5.53. The summed E-state index contributed by atoms with van der Waals surface area (Å²) in [6.07, 6.45) is 35.6. The maximum atomic E-state index is 12.7. The number of allylic oxidation sites excluding steroid dienone is 8. The predicted octanol–water partition coefficient (Wildman–Crippen LogP) is 8.05. The Labute approximate surface area is 373 Å². The Bertz CT molecular complexity index is 1400. The highest BCUT2D eigenvalue weighted by atomic mass is 31.2. The average Bonchev–Trinajstić information content (AvgIpc) is 3.20. The molecule has 0 aliphatic heterocycles. The molecule has 0 aromatic heterocycles. The number of nitrogens with zero attached hydrogens (tertiary/aromatic N) is 1. The van der Waals surface area contributed by atoms with Gasteiger partial charge in [-0.2, -0.15) is 0 Å². The minimum atomic E-state index is -4.75. The Morgan fingerprint density at radius 3 is 1.94 bits per heavy atom. The molecule has 0 aliphatic rings. The maximum Gasteiger partial charge on any atom is 0.306 e. The lowest BCUT2D eigenvalue weighted by Crippen LogP contribution is -2.37. The zero-order valence-corrected chi connectivity index (χ0v) is 39.4. The Morgan fingerprint density at radius 1 is 0.661 bits per heavy atom. The van der Waals surface area contributed by atoms with Gasteiger partial charge in [-0.05, 0) is 58.3 Å². The summed E-state index contributed by atoms with van der Waals surface area (Å²) in [6, 6.07) is 0. The van der Waals surface area contributed by atoms with Gasteiger partial charge < -0.3 is 48.3 Å². The third-order valence-corrected chi connectivity index (χ3v) is 10.1. The molecule has 0 fully saturated rings. The third kappa shape index (κ3) is 42.3. The molecule has 14 heteroatoms. The summed E-state index contributed by atoms with van der Waals surface area (Å²) in [5.41, 5.74) is 0. The lowest BCUT2D eigenvalue weighted by Gasteiger charge is -2.28. The second-order valence-electron chi connectivity index (χ2n) is 16.5. The Hall–Kier alpha value is -2.97. The topological polar surface area (TPSA) is 192 Å². The van der Waals surface area contributed by atoms with Gasteiger partial charge in [0.1, 0.15) is 19.8 Å². The van der Waals surface area contributed by atoms with Crippen LogP contribution in [0.3, 0.4) is 0 Å². The van der Waals surface area contributed by atoms with Crippen LogP contribution in [0, 0.1) is 0 Å². The standard InChI is InChI=1S/C48H82NO12P/c1-6-7-8-9-10-11-12-13-14-15-16-17-18-19-28-33-47(54)58-40-46(41-60-62(56,57)59-39-38-49(3,4)5)61-48(55)37-36-45(53)35-34-44(52)32-27-23-22-26-31-43(51)30-25-21-20-24-29-42(2)50/h13-14,21-27,29,31-32,34-35,42-46,50-53H,6-12,15-20,28,30,33,36-41H2,1-5H3/b14-13-,23-22+,25-21+,29-24-,31-26-,32-27+,35-34+. The zero-order valence-electron chi connectivity index (χ0n) is 38.5. The number of likely N-dealkylation sites (N-methyl/N-ethyl adjacent to an activating group) is 1. The number of ether oxygens (including phenoxy) is 2. The number of hydrogen-bond acceptors (Lipinski definition) is 12. The molecule has 0 bridgehead atoms. The first kappa shape index (κ1) is 59.0. The van der Waals surface area contributed by atoms with E-state index in [0.29, 0.717) is 30.3 Å². The second-order valence-corrected chi connectivity index (χ2v) is 17.9. The smallest absolute Gasteiger partial charge is 0.306 e. The molecule has 13 nitrogen and oxygen atoms in total. The van der Waals surface area contributed by atoms with Crippen LogP contribution in [0.25, 0.3) is 0 Å². The maximum absolute atomic E-state index is 12.7. The Balaban J connectivity index is 4.78. The van der Waals surface area contributed by atoms with Crippen LogP contribution in [0.1, 0.15) is 129 Å². The molecule has 6 atom stereocenters. The monoisotopic (exact) mass is 896 g/mol. The molecule has 0 heterocycles. The molecule has 0 saturated heterocycles. The van der Waals surface area contributed by atoms with Crippen molar-refractivity contribution in [2.24, 2.45) is 0 Å². The van der Waals surface area contributed by atoms with E-state index in [2.05, 4.69) is 19.1 Å². The van der Waals surface area contributed by atoms with E-state index in [9.17, 15) is 39.5 Å². The van der Waals surface area contributed by atoms with Crippen molar-refractivity contribution in [3.8, 4) is 0 Å². The van der Waals surface area contributed by atoms with Crippen LogP contribution in [0.4, 0.5) is 0 Å². The van der Waals surface area contributed by atoms with Gasteiger partial charge in [0.15, 0.2) is 6.10 Å². The number of aliphatic hydroxyl groups is 4. The number of aliphatic hydroxyl groups excluding tert-OH is 4. The Morgan fingerprint density at radius 2 is 1.29 bits per heavy atom. The Kier molecular flexibility index (Phi) is 36.6. The van der Waals surface area contributed by atoms with E-state index in [1.54, 1.807) is 43.4 Å². The summed E-state index contributed by atoms with van der Waals surface area (Å²) in [5, 5.41) is 39.8. The number of phosphoric acid groups is 1. The molecule has 0 rings (SSSR count). The van der Waals surface area contributed by atoms with Gasteiger partial charge in [-0.15, -0.1) is 0 Å². The number of carbonyl (C=O) groups is 2. The first-order valence-corrected chi connectivity index (χ1v) is 24.1. The van der Waals surface area contributed by atoms with E-state index >= 15 is 0 Å². The molecule has 0 amide bonds. The predicted molar refractivity (Wildman–Crippen MR) is 246 cm³/mol. The van der Waals surface area contributed by atoms with Crippen LogP contribution >= 0.6 is 7.82 Å². The van der Waals surface area contributed by atoms with Gasteiger partial charge in [0.25, 0.3) is 7.82 Å². The van der Waals surface area contributed by atoms with Gasteiger partial charge in [-0.3, -0.25) is 14.2 Å². The van der Waals surface area contributed by atoms with Crippen molar-refractivity contribution < 1.29 is 62.5 Å². The highest BCUT2D eigenvalue weighted by Gasteiger charge is 2.22. The fraction of sp³-hybridized carbons (Fsp3) is 0.667. The minimum absolute atomic E-state index is 0.0520. The summed E-state index contributed by atoms with van der Waals surface area (Å²) >= 11 is 0. The van der Waals surface area contributed by atoms with Crippen LogP contribution < -0.4 is 4.89 Å². The fourth-order valence-corrected chi connectivity index (χ4v) is 6.26. The van der Waals surface area contributed by atoms with Gasteiger partial charge in [-0.25, -0.2) is 0 Å². The van der Waals surface area contributed by atoms with Crippen molar-refractivity contribution in [3.63, 3.8) is 0 Å². The van der Waals surface area contributed by atoms with Crippen molar-refractivity contribution in [2.75, 3.05) is 47.5 Å². The number of esters is 2. The SMILES string of the molecule is CCCCCCCC/C=C\CCCCCCCC(=O)OCC(COP(=O)([O-])OCC[N+](C)(C)C)OC(=O)CCC(O)/C=C/C(O)/C=C/C=C/C=C\C(O)C/C=C/C/C=C\C(C)O. The number of rotatable bonds is 39. The van der Waals surface area contributed by atoms with Crippen LogP contribution in [0.2, 0.25) is 0 Å². The first-order chi connectivity index (χ1) is 29.5. The van der Waals surface area contributed by atoms with E-state index in [1.807, 2.05) is 39.4 Å². The molecule has 0 radical (unpaired) electrons. The highest BCUT2D eigenvalue weighted by molar-refractivity contribution is 7.45. The highest BCUT2D eigenvalue weighted by Crippen LogP contribution is 2.38. The van der Waals surface area contributed by atoms with Gasteiger partial charge in [0.2, 0.25) is 0 Å². The van der Waals surface area contributed by atoms with Crippen molar-refractivity contribution >= 4 is 19.8 Å². The van der Waals surface area contributed by atoms with E-state index in [0.717, 1.165) is 38.5 Å². The van der Waals surface area contributed by atoms with Gasteiger partial charge >= 0.3 is 11.9 Å². The van der Waals surface area contributed by atoms with E-state index < -0.39 is 63.5 Å². The molecule has 0 aromatic carbocycles. The molecule has 4 N–H and O–H groups in total. The lowest BCUT2D eigenvalue weighted by molar-refractivity contribution is -0.870. The van der Waals surface area contributed by atoms with Crippen molar-refractivity contribution in [2.45, 2.75) is 160 Å². The molecule has 6 unspecified atom stereocenters. The van der Waals surface area contributed by atoms with Crippen molar-refractivity contribution in [1.29, 1.82) is 0 Å². The average molecular weight is 896 g/mol. The molecule has 62 heavy (non-hydrogen) atoms. The largest absolute Gasteiger partial charge is 0.756 e. The van der Waals surface area contributed by atoms with Crippen molar-refractivity contribution in [3.05, 3.63) is 85.1 Å². The second kappa shape index (κ2) is 38.5. The normalized spacial score (nSPS) is 16.4. The van der Waals surface area contributed by atoms with Crippen LogP contribution in [-0.4, -0.2) is 115 Å². The molecule has 0 aromatic rings. The van der Waals surface area contributed by atoms with Crippen LogP contribution in [0.5, 0.6) is 0 Å². The molecule has 0 aliphatic carbocycles. The lowest BCUT2D eigenvalue weighted by atomic mass is 10.1. The quantitative estimate of drug-likeness (QED) is 0.0116. The summed E-state index contributed by atoms with van der Waals surface area (Å²) in [6.45, 7) is 3.16. The van der Waals surface area contributed by atoms with Gasteiger partial charge in [-0.1, -0.05) is 143 Å².